The number of carbonyl (C=O) groups is 1. The van der Waals surface area contributed by atoms with Crippen LogP contribution in [0.1, 0.15) is 31.2 Å². The molecule has 0 unspecified atom stereocenters. The molecular weight excluding hydrogens is 362 g/mol. The molecule has 6 heteroatoms. The molecule has 0 saturated heterocycles. The molecule has 0 radical (unpaired) electrons. The number of hydrogen-bond acceptors (Lipinski definition) is 4. The molecule has 27 heavy (non-hydrogen) atoms. The number of ether oxygens (including phenoxy) is 1. The summed E-state index contributed by atoms with van der Waals surface area (Å²) in [5.74, 6) is 0.0136. The van der Waals surface area contributed by atoms with Crippen LogP contribution in [-0.4, -0.2) is 31.9 Å². The number of amides is 1. The maximum atomic E-state index is 12.4. The fourth-order valence-corrected chi connectivity index (χ4v) is 5.61. The van der Waals surface area contributed by atoms with Gasteiger partial charge in [-0.2, -0.15) is 0 Å². The highest BCUT2D eigenvalue weighted by atomic mass is 32.2. The van der Waals surface area contributed by atoms with Crippen LogP contribution in [0.2, 0.25) is 0 Å². The number of hydrogen-bond donors (Lipinski definition) is 1. The second-order valence-electron chi connectivity index (χ2n) is 7.26. The summed E-state index contributed by atoms with van der Waals surface area (Å²) in [6.45, 7) is 0.713. The zero-order valence-electron chi connectivity index (χ0n) is 15.1. The minimum absolute atomic E-state index is 0.358. The summed E-state index contributed by atoms with van der Waals surface area (Å²) in [7, 11) is -3.37. The molecule has 0 aromatic heterocycles. The van der Waals surface area contributed by atoms with Crippen LogP contribution in [0.4, 0.5) is 5.69 Å². The van der Waals surface area contributed by atoms with Gasteiger partial charge in [0.15, 0.2) is 9.84 Å². The summed E-state index contributed by atoms with van der Waals surface area (Å²) < 4.78 is 30.3. The smallest absolute Gasteiger partial charge is 0.239 e. The summed E-state index contributed by atoms with van der Waals surface area (Å²) in [5, 5.41) is 2.38. The van der Waals surface area contributed by atoms with Crippen LogP contribution in [0, 0.1) is 0 Å². The van der Waals surface area contributed by atoms with Gasteiger partial charge in [-0.25, -0.2) is 8.42 Å². The molecule has 0 atom stereocenters. The van der Waals surface area contributed by atoms with Crippen molar-refractivity contribution in [3.63, 3.8) is 0 Å². The summed E-state index contributed by atoms with van der Waals surface area (Å²) in [6.07, 6.45) is 4.11. The Kier molecular flexibility index (Phi) is 4.91. The Labute approximate surface area is 159 Å². The normalized spacial score (nSPS) is 16.7. The average Bonchev–Trinajstić information content (AvgIpc) is 3.33. The van der Waals surface area contributed by atoms with Crippen LogP contribution >= 0.6 is 0 Å². The van der Waals surface area contributed by atoms with Crippen molar-refractivity contribution in [3.8, 4) is 16.9 Å². The van der Waals surface area contributed by atoms with E-state index in [4.69, 9.17) is 4.74 Å². The Morgan fingerprint density at radius 3 is 2.67 bits per heavy atom. The minimum atomic E-state index is -3.37. The van der Waals surface area contributed by atoms with Crippen LogP contribution in [0.5, 0.6) is 5.75 Å². The van der Waals surface area contributed by atoms with Gasteiger partial charge in [-0.05, 0) is 53.8 Å². The van der Waals surface area contributed by atoms with E-state index in [0.717, 1.165) is 36.1 Å². The number of benzene rings is 2. The first kappa shape index (κ1) is 18.0. The Bertz CT molecular complexity index is 962. The van der Waals surface area contributed by atoms with E-state index in [1.54, 1.807) is 6.07 Å². The molecule has 1 amide bonds. The van der Waals surface area contributed by atoms with E-state index in [0.29, 0.717) is 25.1 Å². The van der Waals surface area contributed by atoms with Gasteiger partial charge in [0.2, 0.25) is 5.91 Å². The standard InChI is InChI=1S/C21H23NO4S/c23-21(14-27(24,25)19-6-1-2-7-19)22-18-5-3-4-15(13-18)16-8-9-20-17(12-16)10-11-26-20/h3-5,8-9,12-13,19H,1-2,6-7,10-11,14H2,(H,22,23). The highest BCUT2D eigenvalue weighted by molar-refractivity contribution is 7.92. The number of carbonyl (C=O) groups excluding carboxylic acids is 1. The molecule has 2 aromatic carbocycles. The van der Waals surface area contributed by atoms with Crippen molar-refractivity contribution in [1.82, 2.24) is 0 Å². The Hall–Kier alpha value is -2.34. The average molecular weight is 385 g/mol. The second-order valence-corrected chi connectivity index (χ2v) is 9.54. The Morgan fingerprint density at radius 1 is 1.07 bits per heavy atom. The van der Waals surface area contributed by atoms with E-state index >= 15 is 0 Å². The monoisotopic (exact) mass is 385 g/mol. The van der Waals surface area contributed by atoms with E-state index in [2.05, 4.69) is 11.4 Å². The molecule has 4 rings (SSSR count). The van der Waals surface area contributed by atoms with Crippen molar-refractivity contribution in [1.29, 1.82) is 0 Å². The van der Waals surface area contributed by atoms with Crippen LogP contribution in [0.25, 0.3) is 11.1 Å². The zero-order valence-corrected chi connectivity index (χ0v) is 15.9. The van der Waals surface area contributed by atoms with Crippen molar-refractivity contribution in [3.05, 3.63) is 48.0 Å². The maximum Gasteiger partial charge on any atom is 0.239 e. The van der Waals surface area contributed by atoms with Crippen molar-refractivity contribution in [2.75, 3.05) is 17.7 Å². The summed E-state index contributed by atoms with van der Waals surface area (Å²) in [6, 6.07) is 13.6. The van der Waals surface area contributed by atoms with Gasteiger partial charge in [0.1, 0.15) is 11.5 Å². The molecule has 142 valence electrons. The van der Waals surface area contributed by atoms with Gasteiger partial charge in [0.05, 0.1) is 11.9 Å². The quantitative estimate of drug-likeness (QED) is 0.854. The molecule has 0 spiro atoms. The lowest BCUT2D eigenvalue weighted by molar-refractivity contribution is -0.113. The van der Waals surface area contributed by atoms with Crippen LogP contribution in [0.3, 0.4) is 0 Å². The molecule has 2 aliphatic rings. The van der Waals surface area contributed by atoms with E-state index in [1.165, 1.54) is 5.56 Å². The predicted octanol–water partition coefficient (Wildman–Crippen LogP) is 3.58. The topological polar surface area (TPSA) is 72.5 Å². The van der Waals surface area contributed by atoms with Crippen molar-refractivity contribution in [2.24, 2.45) is 0 Å². The van der Waals surface area contributed by atoms with E-state index < -0.39 is 21.5 Å². The Balaban J connectivity index is 1.47. The molecule has 5 nitrogen and oxygen atoms in total. The largest absolute Gasteiger partial charge is 0.493 e. The molecule has 1 saturated carbocycles. The number of sulfone groups is 1. The molecule has 2 aromatic rings. The highest BCUT2D eigenvalue weighted by Gasteiger charge is 2.30. The zero-order chi connectivity index (χ0) is 18.9. The molecular formula is C21H23NO4S. The number of nitrogens with one attached hydrogen (secondary N) is 1. The first-order chi connectivity index (χ1) is 13.0. The van der Waals surface area contributed by atoms with Gasteiger partial charge in [-0.15, -0.1) is 0 Å². The lowest BCUT2D eigenvalue weighted by Gasteiger charge is -2.12. The van der Waals surface area contributed by atoms with E-state index in [9.17, 15) is 13.2 Å². The Morgan fingerprint density at radius 2 is 1.85 bits per heavy atom. The molecule has 1 N–H and O–H groups in total. The number of rotatable bonds is 5. The van der Waals surface area contributed by atoms with Crippen molar-refractivity contribution in [2.45, 2.75) is 37.4 Å². The molecule has 0 bridgehead atoms. The van der Waals surface area contributed by atoms with Crippen LogP contribution in [0.15, 0.2) is 42.5 Å². The molecule has 1 aliphatic heterocycles. The third kappa shape index (κ3) is 4.00. The summed E-state index contributed by atoms with van der Waals surface area (Å²) in [5.41, 5.74) is 3.82. The highest BCUT2D eigenvalue weighted by Crippen LogP contribution is 2.31. The third-order valence-corrected chi connectivity index (χ3v) is 7.46. The second kappa shape index (κ2) is 7.35. The maximum absolute atomic E-state index is 12.4. The minimum Gasteiger partial charge on any atom is -0.493 e. The molecule has 1 fully saturated rings. The predicted molar refractivity (Wildman–Crippen MR) is 106 cm³/mol. The van der Waals surface area contributed by atoms with E-state index in [1.807, 2.05) is 30.3 Å². The first-order valence-electron chi connectivity index (χ1n) is 9.39. The lowest BCUT2D eigenvalue weighted by atomic mass is 10.0. The van der Waals surface area contributed by atoms with Gasteiger partial charge in [-0.3, -0.25) is 4.79 Å². The lowest BCUT2D eigenvalue weighted by Crippen LogP contribution is -2.29. The fourth-order valence-electron chi connectivity index (χ4n) is 3.89. The molecule has 1 aliphatic carbocycles. The van der Waals surface area contributed by atoms with Crippen molar-refractivity contribution < 1.29 is 17.9 Å². The van der Waals surface area contributed by atoms with Gasteiger partial charge < -0.3 is 10.1 Å². The van der Waals surface area contributed by atoms with Gasteiger partial charge in [-0.1, -0.05) is 31.0 Å². The first-order valence-corrected chi connectivity index (χ1v) is 11.1. The number of anilines is 1. The summed E-state index contributed by atoms with van der Waals surface area (Å²) in [4.78, 5) is 12.3. The number of fused-ring (bicyclic) bond motifs is 1. The van der Waals surface area contributed by atoms with Gasteiger partial charge >= 0.3 is 0 Å². The van der Waals surface area contributed by atoms with Gasteiger partial charge in [0, 0.05) is 12.1 Å². The summed E-state index contributed by atoms with van der Waals surface area (Å²) >= 11 is 0. The van der Waals surface area contributed by atoms with E-state index in [-0.39, 0.29) is 5.25 Å². The van der Waals surface area contributed by atoms with Crippen molar-refractivity contribution >= 4 is 21.4 Å². The fraction of sp³-hybridized carbons (Fsp3) is 0.381. The van der Waals surface area contributed by atoms with Crippen LogP contribution in [-0.2, 0) is 21.1 Å². The SMILES string of the molecule is O=C(CS(=O)(=O)C1CCCC1)Nc1cccc(-c2ccc3c(c2)CCO3)c1. The van der Waals surface area contributed by atoms with Crippen LogP contribution < -0.4 is 10.1 Å². The molecule has 1 heterocycles. The van der Waals surface area contributed by atoms with Gasteiger partial charge in [0.25, 0.3) is 0 Å². The third-order valence-electron chi connectivity index (χ3n) is 5.31.